The Morgan fingerprint density at radius 1 is 1.21 bits per heavy atom. The lowest BCUT2D eigenvalue weighted by Gasteiger charge is -2.07. The molecule has 3 aromatic rings. The van der Waals surface area contributed by atoms with Crippen LogP contribution in [0.5, 0.6) is 5.75 Å². The number of hydrogen-bond acceptors (Lipinski definition) is 4. The number of halogens is 1. The van der Waals surface area contributed by atoms with Gasteiger partial charge < -0.3 is 9.84 Å². The summed E-state index contributed by atoms with van der Waals surface area (Å²) in [7, 11) is 0. The molecule has 0 fully saturated rings. The van der Waals surface area contributed by atoms with Crippen molar-refractivity contribution in [2.75, 3.05) is 6.61 Å². The first-order chi connectivity index (χ1) is 13.9. The van der Waals surface area contributed by atoms with Gasteiger partial charge in [-0.3, -0.25) is 4.79 Å². The number of carbonyl (C=O) groups is 1. The van der Waals surface area contributed by atoms with Gasteiger partial charge in [0.1, 0.15) is 16.6 Å². The molecule has 0 saturated carbocycles. The van der Waals surface area contributed by atoms with Gasteiger partial charge in [0.25, 0.3) is 5.97 Å². The summed E-state index contributed by atoms with van der Waals surface area (Å²) in [6.45, 7) is 3.75. The Labute approximate surface area is 174 Å². The zero-order valence-electron chi connectivity index (χ0n) is 16.6. The first-order valence-corrected chi connectivity index (χ1v) is 10.4. The van der Waals surface area contributed by atoms with E-state index in [-0.39, 0.29) is 5.82 Å². The van der Waals surface area contributed by atoms with Crippen molar-refractivity contribution in [1.29, 1.82) is 0 Å². The van der Waals surface area contributed by atoms with Crippen LogP contribution in [-0.4, -0.2) is 22.7 Å². The maximum absolute atomic E-state index is 13.4. The molecule has 0 aliphatic heterocycles. The lowest BCUT2D eigenvalue weighted by atomic mass is 10.1. The zero-order valence-corrected chi connectivity index (χ0v) is 17.4. The molecule has 0 bridgehead atoms. The number of thiazole rings is 1. The third kappa shape index (κ3) is 5.87. The first-order valence-electron chi connectivity index (χ1n) is 9.59. The van der Waals surface area contributed by atoms with Crippen LogP contribution in [0.3, 0.4) is 0 Å². The normalized spacial score (nSPS) is 12.1. The number of carboxylic acids is 1. The average molecular weight is 414 g/mol. The Kier molecular flexibility index (Phi) is 6.99. The van der Waals surface area contributed by atoms with Crippen molar-refractivity contribution in [3.8, 4) is 16.3 Å². The molecule has 2 aromatic carbocycles. The van der Waals surface area contributed by atoms with Crippen molar-refractivity contribution in [3.63, 3.8) is 0 Å². The van der Waals surface area contributed by atoms with Crippen LogP contribution in [0, 0.1) is 12.7 Å². The van der Waals surface area contributed by atoms with Crippen LogP contribution in [0.2, 0.25) is 0 Å². The molecule has 1 aromatic heterocycles. The number of ether oxygens (including phenoxy) is 1. The minimum Gasteiger partial charge on any atom is -0.493 e. The summed E-state index contributed by atoms with van der Waals surface area (Å²) in [5.74, 6) is -0.120. The summed E-state index contributed by atoms with van der Waals surface area (Å²) in [6.07, 6.45) is 4.36. The maximum atomic E-state index is 13.4. The lowest BCUT2D eigenvalue weighted by molar-refractivity contribution is -0.134. The molecule has 0 atom stereocenters. The number of aliphatic carboxylic acids is 1. The quantitative estimate of drug-likeness (QED) is 0.603. The van der Waals surface area contributed by atoms with Gasteiger partial charge in [-0.2, -0.15) is 0 Å². The second-order valence-electron chi connectivity index (χ2n) is 6.93. The van der Waals surface area contributed by atoms with E-state index in [1.807, 2.05) is 6.07 Å². The molecule has 0 unspecified atom stereocenters. The van der Waals surface area contributed by atoms with E-state index < -0.39 is 5.97 Å². The molecule has 1 aliphatic rings. The van der Waals surface area contributed by atoms with Gasteiger partial charge in [-0.25, -0.2) is 9.37 Å². The Bertz CT molecular complexity index is 996. The Morgan fingerprint density at radius 2 is 1.97 bits per heavy atom. The van der Waals surface area contributed by atoms with Crippen molar-refractivity contribution in [1.82, 2.24) is 4.98 Å². The van der Waals surface area contributed by atoms with Gasteiger partial charge in [0.2, 0.25) is 0 Å². The van der Waals surface area contributed by atoms with Crippen LogP contribution in [0.4, 0.5) is 4.39 Å². The highest BCUT2D eigenvalue weighted by atomic mass is 32.1. The largest absolute Gasteiger partial charge is 0.493 e. The summed E-state index contributed by atoms with van der Waals surface area (Å²) in [5, 5.41) is 8.28. The van der Waals surface area contributed by atoms with Crippen molar-refractivity contribution in [3.05, 3.63) is 70.0 Å². The van der Waals surface area contributed by atoms with Crippen LogP contribution in [0.1, 0.15) is 35.0 Å². The van der Waals surface area contributed by atoms with Crippen molar-refractivity contribution >= 4 is 17.3 Å². The Hall–Kier alpha value is -2.73. The van der Waals surface area contributed by atoms with Gasteiger partial charge in [0.05, 0.1) is 12.3 Å². The van der Waals surface area contributed by atoms with Crippen LogP contribution >= 0.6 is 11.3 Å². The van der Waals surface area contributed by atoms with Crippen molar-refractivity contribution < 1.29 is 19.0 Å². The van der Waals surface area contributed by atoms with Gasteiger partial charge in [-0.15, -0.1) is 11.3 Å². The summed E-state index contributed by atoms with van der Waals surface area (Å²) in [4.78, 5) is 14.8. The average Bonchev–Trinajstić information content (AvgIpc) is 3.28. The van der Waals surface area contributed by atoms with E-state index in [9.17, 15) is 4.39 Å². The smallest absolute Gasteiger partial charge is 0.300 e. The van der Waals surface area contributed by atoms with E-state index in [1.165, 1.54) is 36.1 Å². The molecule has 1 aliphatic carbocycles. The molecule has 4 rings (SSSR count). The topological polar surface area (TPSA) is 59.4 Å². The zero-order chi connectivity index (χ0) is 20.8. The van der Waals surface area contributed by atoms with Gasteiger partial charge in [0.15, 0.2) is 0 Å². The predicted molar refractivity (Wildman–Crippen MR) is 113 cm³/mol. The second-order valence-corrected chi connectivity index (χ2v) is 8.14. The minimum absolute atomic E-state index is 0.230. The standard InChI is InChI=1S/C21H20FNOS.C2H4O2/c1-14-20(23-21(25-14)17-6-3-7-18(22)12-17)10-11-24-19-9-8-15-4-2-5-16(15)13-19;1-2(3)4/h3,6-9,12-13H,2,4-5,10-11H2,1H3;1H3,(H,3,4). The number of aryl methyl sites for hydroxylation is 3. The number of rotatable bonds is 5. The maximum Gasteiger partial charge on any atom is 0.300 e. The number of nitrogens with zero attached hydrogens (tertiary/aromatic N) is 1. The van der Waals surface area contributed by atoms with Crippen LogP contribution in [0.15, 0.2) is 42.5 Å². The number of aromatic nitrogens is 1. The van der Waals surface area contributed by atoms with Gasteiger partial charge >= 0.3 is 0 Å². The second kappa shape index (κ2) is 9.65. The molecular formula is C23H24FNO3S. The Balaban J connectivity index is 0.000000552. The van der Waals surface area contributed by atoms with Gasteiger partial charge in [-0.1, -0.05) is 18.2 Å². The molecule has 0 amide bonds. The summed E-state index contributed by atoms with van der Waals surface area (Å²) in [6, 6.07) is 13.0. The summed E-state index contributed by atoms with van der Waals surface area (Å²) < 4.78 is 19.3. The number of hydrogen-bond donors (Lipinski definition) is 1. The molecule has 1 N–H and O–H groups in total. The van der Waals surface area contributed by atoms with E-state index in [1.54, 1.807) is 17.4 Å². The molecule has 4 nitrogen and oxygen atoms in total. The number of carboxylic acid groups (broad SMARTS) is 1. The lowest BCUT2D eigenvalue weighted by Crippen LogP contribution is -2.03. The molecule has 0 saturated heterocycles. The molecule has 1 heterocycles. The van der Waals surface area contributed by atoms with E-state index in [2.05, 4.69) is 30.1 Å². The van der Waals surface area contributed by atoms with Crippen LogP contribution < -0.4 is 4.74 Å². The van der Waals surface area contributed by atoms with Crippen molar-refractivity contribution in [2.45, 2.75) is 39.5 Å². The first kappa shape index (κ1) is 21.0. The fraction of sp³-hybridized carbons (Fsp3) is 0.304. The van der Waals surface area contributed by atoms with E-state index in [0.717, 1.165) is 46.7 Å². The van der Waals surface area contributed by atoms with Crippen molar-refractivity contribution in [2.24, 2.45) is 0 Å². The summed E-state index contributed by atoms with van der Waals surface area (Å²) >= 11 is 1.61. The molecular weight excluding hydrogens is 389 g/mol. The van der Waals surface area contributed by atoms with Crippen LogP contribution in [0.25, 0.3) is 10.6 Å². The molecule has 152 valence electrons. The SMILES string of the molecule is CC(=O)O.Cc1sc(-c2cccc(F)c2)nc1CCOc1ccc2c(c1)CCC2. The fourth-order valence-electron chi connectivity index (χ4n) is 3.31. The van der Waals surface area contributed by atoms with Gasteiger partial charge in [0, 0.05) is 23.8 Å². The molecule has 29 heavy (non-hydrogen) atoms. The highest BCUT2D eigenvalue weighted by Crippen LogP contribution is 2.29. The van der Waals surface area contributed by atoms with Crippen LogP contribution in [-0.2, 0) is 24.1 Å². The highest BCUT2D eigenvalue weighted by molar-refractivity contribution is 7.15. The summed E-state index contributed by atoms with van der Waals surface area (Å²) in [5.41, 5.74) is 4.75. The fourth-order valence-corrected chi connectivity index (χ4v) is 4.26. The number of fused-ring (bicyclic) bond motifs is 1. The third-order valence-electron chi connectivity index (χ3n) is 4.64. The third-order valence-corrected chi connectivity index (χ3v) is 5.70. The Morgan fingerprint density at radius 3 is 2.72 bits per heavy atom. The van der Waals surface area contributed by atoms with E-state index in [4.69, 9.17) is 14.6 Å². The van der Waals surface area contributed by atoms with Gasteiger partial charge in [-0.05, 0) is 61.6 Å². The molecule has 0 radical (unpaired) electrons. The molecule has 0 spiro atoms. The minimum atomic E-state index is -0.833. The van der Waals surface area contributed by atoms with E-state index in [0.29, 0.717) is 6.61 Å². The monoisotopic (exact) mass is 413 g/mol. The molecule has 6 heteroatoms. The van der Waals surface area contributed by atoms with E-state index >= 15 is 0 Å². The predicted octanol–water partition coefficient (Wildman–Crippen LogP) is 5.46. The number of benzene rings is 2. The highest BCUT2D eigenvalue weighted by Gasteiger charge is 2.12.